The molecule has 1 N–H and O–H groups in total. The zero-order valence-electron chi connectivity index (χ0n) is 15.0. The highest BCUT2D eigenvalue weighted by molar-refractivity contribution is 6.29. The minimum absolute atomic E-state index is 0.259. The number of hydrogen-bond acceptors (Lipinski definition) is 6. The Morgan fingerprint density at radius 2 is 1.93 bits per heavy atom. The summed E-state index contributed by atoms with van der Waals surface area (Å²) in [6.07, 6.45) is 3.36. The molecule has 0 bridgehead atoms. The lowest BCUT2D eigenvalue weighted by molar-refractivity contribution is 0.0592. The number of nitrogens with zero attached hydrogens (tertiary/aromatic N) is 3. The van der Waals surface area contributed by atoms with Crippen LogP contribution in [0, 0.1) is 0 Å². The number of pyridine rings is 1. The molecule has 2 heterocycles. The first-order valence-corrected chi connectivity index (χ1v) is 8.61. The van der Waals surface area contributed by atoms with E-state index in [1.165, 1.54) is 7.11 Å². The summed E-state index contributed by atoms with van der Waals surface area (Å²) in [5, 5.41) is 8.03. The van der Waals surface area contributed by atoms with Crippen LogP contribution in [0.3, 0.4) is 0 Å². The number of ether oxygens (including phenoxy) is 2. The summed E-state index contributed by atoms with van der Waals surface area (Å²) in [6.45, 7) is 1.09. The summed E-state index contributed by atoms with van der Waals surface area (Å²) in [4.78, 5) is 16.1. The van der Waals surface area contributed by atoms with Gasteiger partial charge in [0.25, 0.3) is 0 Å². The van der Waals surface area contributed by atoms with Gasteiger partial charge in [0.05, 0.1) is 26.1 Å². The molecular formula is C19H19ClN4O3. The summed E-state index contributed by atoms with van der Waals surface area (Å²) >= 11 is 5.82. The number of nitrogens with one attached hydrogen (secondary N) is 1. The van der Waals surface area contributed by atoms with Crippen LogP contribution in [-0.2, 0) is 17.8 Å². The molecule has 2 aromatic heterocycles. The minimum atomic E-state index is -0.489. The van der Waals surface area contributed by atoms with Crippen molar-refractivity contribution in [3.63, 3.8) is 0 Å². The molecule has 0 atom stereocenters. The topological polar surface area (TPSA) is 78.3 Å². The molecule has 0 aliphatic heterocycles. The van der Waals surface area contributed by atoms with Crippen molar-refractivity contribution in [1.82, 2.24) is 20.1 Å². The molecule has 8 heteroatoms. The second-order valence-electron chi connectivity index (χ2n) is 5.73. The SMILES string of the molecule is COC(=O)c1nn(-c2ccc(Cl)nc2)cc1CNCc1ccc(OC)cc1. The second kappa shape index (κ2) is 8.66. The van der Waals surface area contributed by atoms with E-state index in [0.717, 1.165) is 16.9 Å². The first-order valence-electron chi connectivity index (χ1n) is 8.23. The van der Waals surface area contributed by atoms with Crippen LogP contribution < -0.4 is 10.1 Å². The first-order chi connectivity index (χ1) is 13.1. The molecule has 0 aliphatic rings. The number of halogens is 1. The summed E-state index contributed by atoms with van der Waals surface area (Å²) < 4.78 is 11.6. The molecule has 7 nitrogen and oxygen atoms in total. The molecule has 0 aliphatic carbocycles. The van der Waals surface area contributed by atoms with Gasteiger partial charge in [-0.1, -0.05) is 23.7 Å². The zero-order chi connectivity index (χ0) is 19.2. The van der Waals surface area contributed by atoms with Crippen LogP contribution in [0.25, 0.3) is 5.69 Å². The molecule has 0 saturated heterocycles. The molecule has 0 unspecified atom stereocenters. The highest BCUT2D eigenvalue weighted by Crippen LogP contribution is 2.15. The van der Waals surface area contributed by atoms with E-state index in [2.05, 4.69) is 15.4 Å². The molecular weight excluding hydrogens is 368 g/mol. The Balaban J connectivity index is 1.74. The number of rotatable bonds is 7. The number of esters is 1. The van der Waals surface area contributed by atoms with Gasteiger partial charge in [-0.3, -0.25) is 0 Å². The summed E-state index contributed by atoms with van der Waals surface area (Å²) in [6, 6.07) is 11.2. The third kappa shape index (κ3) is 4.64. The Morgan fingerprint density at radius 1 is 1.15 bits per heavy atom. The van der Waals surface area contributed by atoms with E-state index in [0.29, 0.717) is 23.9 Å². The second-order valence-corrected chi connectivity index (χ2v) is 6.12. The number of aromatic nitrogens is 3. The van der Waals surface area contributed by atoms with E-state index in [1.54, 1.807) is 36.3 Å². The maximum absolute atomic E-state index is 12.1. The summed E-state index contributed by atoms with van der Waals surface area (Å²) in [5.74, 6) is 0.321. The third-order valence-corrected chi connectivity index (χ3v) is 4.17. The van der Waals surface area contributed by atoms with Crippen LogP contribution >= 0.6 is 11.6 Å². The molecule has 27 heavy (non-hydrogen) atoms. The van der Waals surface area contributed by atoms with Crippen LogP contribution in [0.5, 0.6) is 5.75 Å². The van der Waals surface area contributed by atoms with Crippen molar-refractivity contribution in [3.8, 4) is 11.4 Å². The standard InChI is InChI=1S/C19H19ClN4O3/c1-26-16-6-3-13(4-7-16)9-21-10-14-12-24(23-18(14)19(25)27-2)15-5-8-17(20)22-11-15/h3-8,11-12,21H,9-10H2,1-2H3. The number of carbonyl (C=O) groups is 1. The number of hydrogen-bond donors (Lipinski definition) is 1. The number of carbonyl (C=O) groups excluding carboxylic acids is 1. The molecule has 140 valence electrons. The van der Waals surface area contributed by atoms with Gasteiger partial charge in [-0.2, -0.15) is 5.10 Å². The van der Waals surface area contributed by atoms with E-state index in [-0.39, 0.29) is 5.69 Å². The van der Waals surface area contributed by atoms with Crippen LogP contribution in [0.1, 0.15) is 21.6 Å². The van der Waals surface area contributed by atoms with Gasteiger partial charge < -0.3 is 14.8 Å². The molecule has 0 fully saturated rings. The van der Waals surface area contributed by atoms with E-state index < -0.39 is 5.97 Å². The first kappa shape index (κ1) is 18.9. The zero-order valence-corrected chi connectivity index (χ0v) is 15.7. The molecule has 0 saturated carbocycles. The average Bonchev–Trinajstić information content (AvgIpc) is 3.12. The Kier molecular flexibility index (Phi) is 6.05. The summed E-state index contributed by atoms with van der Waals surface area (Å²) in [5.41, 5.74) is 2.79. The lowest BCUT2D eigenvalue weighted by atomic mass is 10.2. The van der Waals surface area contributed by atoms with Gasteiger partial charge in [-0.15, -0.1) is 0 Å². The predicted molar refractivity (Wildman–Crippen MR) is 101 cm³/mol. The quantitative estimate of drug-likeness (QED) is 0.496. The fraction of sp³-hybridized carbons (Fsp3) is 0.211. The largest absolute Gasteiger partial charge is 0.497 e. The van der Waals surface area contributed by atoms with E-state index in [1.807, 2.05) is 24.3 Å². The maximum atomic E-state index is 12.1. The van der Waals surface area contributed by atoms with Crippen LogP contribution in [-0.4, -0.2) is 35.0 Å². The predicted octanol–water partition coefficient (Wildman–Crippen LogP) is 3.01. The van der Waals surface area contributed by atoms with Gasteiger partial charge in [0.15, 0.2) is 5.69 Å². The average molecular weight is 387 g/mol. The van der Waals surface area contributed by atoms with E-state index in [9.17, 15) is 4.79 Å². The van der Waals surface area contributed by atoms with Crippen LogP contribution in [0.2, 0.25) is 5.15 Å². The molecule has 1 aromatic carbocycles. The Bertz CT molecular complexity index is 908. The normalized spacial score (nSPS) is 10.6. The van der Waals surface area contributed by atoms with Crippen molar-refractivity contribution < 1.29 is 14.3 Å². The van der Waals surface area contributed by atoms with E-state index in [4.69, 9.17) is 21.1 Å². The van der Waals surface area contributed by atoms with Gasteiger partial charge >= 0.3 is 5.97 Å². The Morgan fingerprint density at radius 3 is 2.56 bits per heavy atom. The maximum Gasteiger partial charge on any atom is 0.358 e. The molecule has 3 aromatic rings. The van der Waals surface area contributed by atoms with Gasteiger partial charge in [0.1, 0.15) is 10.9 Å². The molecule has 0 radical (unpaired) electrons. The molecule has 0 amide bonds. The molecule has 3 rings (SSSR count). The number of methoxy groups -OCH3 is 2. The van der Waals surface area contributed by atoms with E-state index >= 15 is 0 Å². The Labute approximate surface area is 161 Å². The summed E-state index contributed by atoms with van der Waals surface area (Å²) in [7, 11) is 2.97. The fourth-order valence-corrected chi connectivity index (χ4v) is 2.64. The van der Waals surface area contributed by atoms with Crippen molar-refractivity contribution in [2.45, 2.75) is 13.1 Å². The monoisotopic (exact) mass is 386 g/mol. The lowest BCUT2D eigenvalue weighted by Crippen LogP contribution is -2.15. The molecule has 0 spiro atoms. The van der Waals surface area contributed by atoms with Gasteiger partial charge in [-0.25, -0.2) is 14.5 Å². The highest BCUT2D eigenvalue weighted by Gasteiger charge is 2.18. The smallest absolute Gasteiger partial charge is 0.358 e. The Hall–Kier alpha value is -2.90. The van der Waals surface area contributed by atoms with Crippen molar-refractivity contribution >= 4 is 17.6 Å². The van der Waals surface area contributed by atoms with Gasteiger partial charge in [0.2, 0.25) is 0 Å². The van der Waals surface area contributed by atoms with Crippen LogP contribution in [0.4, 0.5) is 0 Å². The fourth-order valence-electron chi connectivity index (χ4n) is 2.53. The van der Waals surface area contributed by atoms with Crippen LogP contribution in [0.15, 0.2) is 48.8 Å². The number of benzene rings is 1. The minimum Gasteiger partial charge on any atom is -0.497 e. The van der Waals surface area contributed by atoms with Crippen molar-refractivity contribution in [1.29, 1.82) is 0 Å². The highest BCUT2D eigenvalue weighted by atomic mass is 35.5. The van der Waals surface area contributed by atoms with Crippen molar-refractivity contribution in [2.24, 2.45) is 0 Å². The third-order valence-electron chi connectivity index (χ3n) is 3.95. The van der Waals surface area contributed by atoms with Gasteiger partial charge in [-0.05, 0) is 29.8 Å². The van der Waals surface area contributed by atoms with Gasteiger partial charge in [0, 0.05) is 24.8 Å². The van der Waals surface area contributed by atoms with Crippen molar-refractivity contribution in [2.75, 3.05) is 14.2 Å². The lowest BCUT2D eigenvalue weighted by Gasteiger charge is -2.06. The van der Waals surface area contributed by atoms with Crippen molar-refractivity contribution in [3.05, 3.63) is 70.8 Å².